The van der Waals surface area contributed by atoms with E-state index < -0.39 is 10.0 Å². The van der Waals surface area contributed by atoms with Crippen molar-refractivity contribution < 1.29 is 22.7 Å². The molecular formula is C23H29ClN2O5S. The van der Waals surface area contributed by atoms with Crippen LogP contribution in [0.2, 0.25) is 5.02 Å². The molecule has 174 valence electrons. The van der Waals surface area contributed by atoms with Crippen LogP contribution in [0.25, 0.3) is 0 Å². The van der Waals surface area contributed by atoms with Gasteiger partial charge in [-0.2, -0.15) is 0 Å². The second-order valence-corrected chi connectivity index (χ2v) is 9.80. The van der Waals surface area contributed by atoms with Crippen LogP contribution in [-0.2, 0) is 14.8 Å². The fraction of sp³-hybridized carbons (Fsp3) is 0.435. The Morgan fingerprint density at radius 1 is 1.03 bits per heavy atom. The number of amides is 1. The molecule has 0 aliphatic carbocycles. The van der Waals surface area contributed by atoms with E-state index in [9.17, 15) is 13.2 Å². The summed E-state index contributed by atoms with van der Waals surface area (Å²) in [7, 11) is -3.62. The third kappa shape index (κ3) is 6.85. The van der Waals surface area contributed by atoms with E-state index in [0.29, 0.717) is 55.5 Å². The van der Waals surface area contributed by atoms with Crippen LogP contribution in [0, 0.1) is 0 Å². The lowest BCUT2D eigenvalue weighted by Gasteiger charge is -2.19. The molecule has 2 N–H and O–H groups in total. The summed E-state index contributed by atoms with van der Waals surface area (Å²) in [6.07, 6.45) is 3.27. The molecule has 0 fully saturated rings. The van der Waals surface area contributed by atoms with Crippen LogP contribution >= 0.6 is 11.6 Å². The van der Waals surface area contributed by atoms with Gasteiger partial charge in [-0.15, -0.1) is 0 Å². The van der Waals surface area contributed by atoms with Crippen molar-refractivity contribution in [1.82, 2.24) is 10.0 Å². The van der Waals surface area contributed by atoms with Gasteiger partial charge in [-0.1, -0.05) is 37.1 Å². The first kappa shape index (κ1) is 24.4. The van der Waals surface area contributed by atoms with Crippen molar-refractivity contribution in [2.75, 3.05) is 19.8 Å². The largest absolute Gasteiger partial charge is 0.486 e. The number of sulfonamides is 1. The molecule has 1 aliphatic heterocycles. The molecule has 9 heteroatoms. The van der Waals surface area contributed by atoms with Crippen LogP contribution in [0.5, 0.6) is 11.5 Å². The molecule has 0 bridgehead atoms. The van der Waals surface area contributed by atoms with Gasteiger partial charge in [0, 0.05) is 24.1 Å². The predicted molar refractivity (Wildman–Crippen MR) is 124 cm³/mol. The molecule has 32 heavy (non-hydrogen) atoms. The average molecular weight is 481 g/mol. The third-order valence-electron chi connectivity index (χ3n) is 5.21. The molecule has 1 unspecified atom stereocenters. The Kier molecular flexibility index (Phi) is 8.78. The number of carbonyl (C=O) groups is 1. The van der Waals surface area contributed by atoms with Gasteiger partial charge < -0.3 is 14.8 Å². The maximum absolute atomic E-state index is 12.5. The van der Waals surface area contributed by atoms with Crippen molar-refractivity contribution in [2.24, 2.45) is 0 Å². The Morgan fingerprint density at radius 3 is 2.47 bits per heavy atom. The molecule has 0 spiro atoms. The molecule has 1 atom stereocenters. The normalized spacial score (nSPS) is 14.1. The molecule has 7 nitrogen and oxygen atoms in total. The summed E-state index contributed by atoms with van der Waals surface area (Å²) < 4.78 is 38.4. The van der Waals surface area contributed by atoms with Gasteiger partial charge in [0.2, 0.25) is 15.9 Å². The minimum absolute atomic E-state index is 0.0105. The smallest absolute Gasteiger partial charge is 0.240 e. The molecule has 1 heterocycles. The zero-order chi connectivity index (χ0) is 23.0. The van der Waals surface area contributed by atoms with Gasteiger partial charge in [0.05, 0.1) is 10.9 Å². The van der Waals surface area contributed by atoms with Crippen molar-refractivity contribution in [1.29, 1.82) is 0 Å². The molecule has 0 radical (unpaired) electrons. The van der Waals surface area contributed by atoms with Gasteiger partial charge in [0.1, 0.15) is 13.2 Å². The van der Waals surface area contributed by atoms with Crippen molar-refractivity contribution in [3.8, 4) is 11.5 Å². The molecule has 2 aromatic carbocycles. The van der Waals surface area contributed by atoms with Gasteiger partial charge in [0.15, 0.2) is 11.5 Å². The average Bonchev–Trinajstić information content (AvgIpc) is 2.80. The Bertz CT molecular complexity index is 1010. The Hall–Kier alpha value is -2.29. The number of ether oxygens (including phenoxy) is 2. The molecule has 0 saturated heterocycles. The van der Waals surface area contributed by atoms with Crippen LogP contribution < -0.4 is 19.5 Å². The van der Waals surface area contributed by atoms with Gasteiger partial charge in [-0.3, -0.25) is 4.79 Å². The highest BCUT2D eigenvalue weighted by Gasteiger charge is 2.19. The van der Waals surface area contributed by atoms with Gasteiger partial charge in [-0.05, 0) is 49.1 Å². The summed E-state index contributed by atoms with van der Waals surface area (Å²) in [6.45, 7) is 3.18. The molecule has 3 rings (SSSR count). The van der Waals surface area contributed by atoms with E-state index in [1.807, 2.05) is 31.2 Å². The number of hydrogen-bond acceptors (Lipinski definition) is 5. The maximum Gasteiger partial charge on any atom is 0.240 e. The molecule has 0 saturated carbocycles. The Balaban J connectivity index is 1.37. The second-order valence-electron chi connectivity index (χ2n) is 7.59. The number of hydrogen-bond donors (Lipinski definition) is 2. The van der Waals surface area contributed by atoms with Crippen molar-refractivity contribution in [3.05, 3.63) is 53.1 Å². The monoisotopic (exact) mass is 480 g/mol. The quantitative estimate of drug-likeness (QED) is 0.470. The molecule has 0 aromatic heterocycles. The van der Waals surface area contributed by atoms with Crippen molar-refractivity contribution in [2.45, 2.75) is 50.0 Å². The SMILES string of the molecule is CCC(NC(=O)CCCCCNS(=O)(=O)c1ccc2c(c1)OCCO2)c1ccc(Cl)cc1. The van der Waals surface area contributed by atoms with Gasteiger partial charge in [0.25, 0.3) is 0 Å². The van der Waals surface area contributed by atoms with E-state index in [2.05, 4.69) is 10.0 Å². The van der Waals surface area contributed by atoms with Crippen LogP contribution in [0.1, 0.15) is 50.6 Å². The highest BCUT2D eigenvalue weighted by molar-refractivity contribution is 7.89. The number of nitrogens with one attached hydrogen (secondary N) is 2. The lowest BCUT2D eigenvalue weighted by Crippen LogP contribution is -2.28. The maximum atomic E-state index is 12.5. The zero-order valence-corrected chi connectivity index (χ0v) is 19.7. The number of carbonyl (C=O) groups excluding carboxylic acids is 1. The molecule has 2 aromatic rings. The second kappa shape index (κ2) is 11.5. The number of halogens is 1. The lowest BCUT2D eigenvalue weighted by molar-refractivity contribution is -0.122. The molecule has 1 amide bonds. The van der Waals surface area contributed by atoms with E-state index in [0.717, 1.165) is 18.4 Å². The molecule has 1 aliphatic rings. The van der Waals surface area contributed by atoms with E-state index in [1.165, 1.54) is 12.1 Å². The van der Waals surface area contributed by atoms with Crippen molar-refractivity contribution in [3.63, 3.8) is 0 Å². The first-order valence-electron chi connectivity index (χ1n) is 10.8. The van der Waals surface area contributed by atoms with Gasteiger partial charge in [-0.25, -0.2) is 13.1 Å². The standard InChI is InChI=1S/C23H29ClN2O5S/c1-2-20(17-7-9-18(24)10-8-17)26-23(27)6-4-3-5-13-25-32(28,29)19-11-12-21-22(16-19)31-15-14-30-21/h7-12,16,20,25H,2-6,13-15H2,1H3,(H,26,27). The topological polar surface area (TPSA) is 93.7 Å². The fourth-order valence-electron chi connectivity index (χ4n) is 3.45. The summed E-state index contributed by atoms with van der Waals surface area (Å²) in [6, 6.07) is 12.0. The fourth-order valence-corrected chi connectivity index (χ4v) is 4.67. The number of unbranched alkanes of at least 4 members (excludes halogenated alkanes) is 2. The summed E-state index contributed by atoms with van der Waals surface area (Å²) in [4.78, 5) is 12.4. The molecular weight excluding hydrogens is 452 g/mol. The van der Waals surface area contributed by atoms with Crippen LogP contribution in [0.3, 0.4) is 0 Å². The number of fused-ring (bicyclic) bond motifs is 1. The highest BCUT2D eigenvalue weighted by atomic mass is 35.5. The first-order valence-corrected chi connectivity index (χ1v) is 12.7. The number of rotatable bonds is 11. The Labute approximate surface area is 194 Å². The van der Waals surface area contributed by atoms with E-state index in [-0.39, 0.29) is 16.8 Å². The van der Waals surface area contributed by atoms with E-state index in [1.54, 1.807) is 6.07 Å². The van der Waals surface area contributed by atoms with E-state index in [4.69, 9.17) is 21.1 Å². The summed E-state index contributed by atoms with van der Waals surface area (Å²) in [5.74, 6) is 0.979. The zero-order valence-electron chi connectivity index (χ0n) is 18.1. The predicted octanol–water partition coefficient (Wildman–Crippen LogP) is 4.22. The van der Waals surface area contributed by atoms with E-state index >= 15 is 0 Å². The lowest BCUT2D eigenvalue weighted by atomic mass is 10.0. The van der Waals surface area contributed by atoms with Crippen LogP contribution in [0.15, 0.2) is 47.4 Å². The first-order chi connectivity index (χ1) is 15.4. The van der Waals surface area contributed by atoms with Gasteiger partial charge >= 0.3 is 0 Å². The summed E-state index contributed by atoms with van der Waals surface area (Å²) >= 11 is 5.93. The van der Waals surface area contributed by atoms with Crippen LogP contribution in [-0.4, -0.2) is 34.1 Å². The Morgan fingerprint density at radius 2 is 1.75 bits per heavy atom. The number of benzene rings is 2. The highest BCUT2D eigenvalue weighted by Crippen LogP contribution is 2.32. The summed E-state index contributed by atoms with van der Waals surface area (Å²) in [5, 5.41) is 3.71. The summed E-state index contributed by atoms with van der Waals surface area (Å²) in [5.41, 5.74) is 1.03. The van der Waals surface area contributed by atoms with Crippen LogP contribution in [0.4, 0.5) is 0 Å². The minimum atomic E-state index is -3.62. The minimum Gasteiger partial charge on any atom is -0.486 e. The van der Waals surface area contributed by atoms with Crippen molar-refractivity contribution >= 4 is 27.5 Å². The third-order valence-corrected chi connectivity index (χ3v) is 6.92.